The fourth-order valence-corrected chi connectivity index (χ4v) is 3.51. The molecule has 4 nitrogen and oxygen atoms in total. The smallest absolute Gasteiger partial charge is 0.252 e. The maximum absolute atomic E-state index is 12.2. The average Bonchev–Trinajstić information content (AvgIpc) is 2.91. The first-order valence-electron chi connectivity index (χ1n) is 7.04. The molecule has 1 amide bonds. The van der Waals surface area contributed by atoms with Gasteiger partial charge in [-0.15, -0.1) is 0 Å². The zero-order chi connectivity index (χ0) is 14.6. The van der Waals surface area contributed by atoms with Gasteiger partial charge in [-0.05, 0) is 25.0 Å². The maximum atomic E-state index is 12.2. The Kier molecular flexibility index (Phi) is 4.94. The number of aliphatic hydroxyl groups is 1. The first-order valence-corrected chi connectivity index (χ1v) is 8.35. The molecule has 0 spiro atoms. The number of carbonyl (C=O) groups is 1. The van der Waals surface area contributed by atoms with Crippen LogP contribution >= 0.6 is 0 Å². The second-order valence-electron chi connectivity index (χ2n) is 5.24. The molecule has 0 heterocycles. The van der Waals surface area contributed by atoms with Crippen molar-refractivity contribution in [3.8, 4) is 0 Å². The molecule has 20 heavy (non-hydrogen) atoms. The molecule has 1 unspecified atom stereocenters. The molecule has 1 atom stereocenters. The van der Waals surface area contributed by atoms with Crippen molar-refractivity contribution in [2.24, 2.45) is 0 Å². The van der Waals surface area contributed by atoms with Gasteiger partial charge in [0.25, 0.3) is 5.91 Å². The summed E-state index contributed by atoms with van der Waals surface area (Å²) in [5.74, 6) is 0.219. The van der Waals surface area contributed by atoms with Crippen LogP contribution in [0.5, 0.6) is 0 Å². The highest BCUT2D eigenvalue weighted by Crippen LogP contribution is 2.28. The fraction of sp³-hybridized carbons (Fsp3) is 0.533. The van der Waals surface area contributed by atoms with Crippen molar-refractivity contribution in [3.05, 3.63) is 29.8 Å². The van der Waals surface area contributed by atoms with Crippen molar-refractivity contribution in [1.82, 2.24) is 5.32 Å². The highest BCUT2D eigenvalue weighted by molar-refractivity contribution is 7.85. The summed E-state index contributed by atoms with van der Waals surface area (Å²) in [5, 5.41) is 13.0. The van der Waals surface area contributed by atoms with Gasteiger partial charge in [-0.2, -0.15) is 0 Å². The van der Waals surface area contributed by atoms with Crippen LogP contribution in [-0.2, 0) is 10.8 Å². The number of hydrogen-bond acceptors (Lipinski definition) is 3. The predicted octanol–water partition coefficient (Wildman–Crippen LogP) is 1.85. The Balaban J connectivity index is 2.07. The van der Waals surface area contributed by atoms with E-state index in [0.29, 0.717) is 16.2 Å². The minimum absolute atomic E-state index is 0.261. The van der Waals surface area contributed by atoms with Crippen LogP contribution in [0.2, 0.25) is 0 Å². The van der Waals surface area contributed by atoms with E-state index in [1.54, 1.807) is 24.3 Å². The number of nitrogens with one attached hydrogen (secondary N) is 1. The van der Waals surface area contributed by atoms with Gasteiger partial charge in [0, 0.05) is 12.3 Å². The molecule has 2 rings (SSSR count). The van der Waals surface area contributed by atoms with E-state index in [1.807, 2.05) is 6.92 Å². The highest BCUT2D eigenvalue weighted by Gasteiger charge is 2.31. The number of amides is 1. The summed E-state index contributed by atoms with van der Waals surface area (Å²) in [5.41, 5.74) is -0.330. The molecule has 0 saturated heterocycles. The van der Waals surface area contributed by atoms with Gasteiger partial charge in [0.2, 0.25) is 0 Å². The lowest BCUT2D eigenvalue weighted by Crippen LogP contribution is -2.41. The zero-order valence-corrected chi connectivity index (χ0v) is 12.5. The molecule has 0 aromatic heterocycles. The summed E-state index contributed by atoms with van der Waals surface area (Å²) < 4.78 is 11.9. The second-order valence-corrected chi connectivity index (χ2v) is 6.95. The topological polar surface area (TPSA) is 66.4 Å². The van der Waals surface area contributed by atoms with E-state index in [1.165, 1.54) is 0 Å². The summed E-state index contributed by atoms with van der Waals surface area (Å²) >= 11 is 0. The second kappa shape index (κ2) is 6.50. The molecule has 0 bridgehead atoms. The van der Waals surface area contributed by atoms with Crippen molar-refractivity contribution in [3.63, 3.8) is 0 Å². The Hall–Kier alpha value is -1.20. The minimum Gasteiger partial charge on any atom is -0.388 e. The molecular weight excluding hydrogens is 274 g/mol. The fourth-order valence-electron chi connectivity index (χ4n) is 2.56. The van der Waals surface area contributed by atoms with Gasteiger partial charge in [0.15, 0.2) is 0 Å². The normalized spacial score (nSPS) is 18.7. The van der Waals surface area contributed by atoms with Crippen LogP contribution in [0.3, 0.4) is 0 Å². The third kappa shape index (κ3) is 3.46. The summed E-state index contributed by atoms with van der Waals surface area (Å²) in [4.78, 5) is 12.8. The Morgan fingerprint density at radius 1 is 1.35 bits per heavy atom. The summed E-state index contributed by atoms with van der Waals surface area (Å²) in [6, 6.07) is 6.94. The lowest BCUT2D eigenvalue weighted by molar-refractivity contribution is 0.0449. The Labute approximate surface area is 122 Å². The maximum Gasteiger partial charge on any atom is 0.252 e. The van der Waals surface area contributed by atoms with E-state index in [0.717, 1.165) is 25.7 Å². The molecule has 1 saturated carbocycles. The molecular formula is C15H21NO3S. The van der Waals surface area contributed by atoms with Gasteiger partial charge in [-0.25, -0.2) is 0 Å². The van der Waals surface area contributed by atoms with Crippen LogP contribution in [0.25, 0.3) is 0 Å². The highest BCUT2D eigenvalue weighted by atomic mass is 32.2. The lowest BCUT2D eigenvalue weighted by Gasteiger charge is -2.22. The van der Waals surface area contributed by atoms with Crippen molar-refractivity contribution >= 4 is 16.7 Å². The molecule has 1 aliphatic carbocycles. The number of hydrogen-bond donors (Lipinski definition) is 2. The van der Waals surface area contributed by atoms with Gasteiger partial charge in [-0.1, -0.05) is 31.9 Å². The molecule has 5 heteroatoms. The van der Waals surface area contributed by atoms with E-state index in [9.17, 15) is 14.1 Å². The average molecular weight is 295 g/mol. The van der Waals surface area contributed by atoms with Crippen LogP contribution in [0.15, 0.2) is 29.2 Å². The van der Waals surface area contributed by atoms with Crippen LogP contribution in [0.4, 0.5) is 0 Å². The van der Waals surface area contributed by atoms with Crippen LogP contribution in [0, 0.1) is 0 Å². The molecule has 0 aliphatic heterocycles. The number of rotatable bonds is 5. The molecule has 110 valence electrons. The molecule has 0 radical (unpaired) electrons. The Bertz CT molecular complexity index is 510. The van der Waals surface area contributed by atoms with Gasteiger partial charge in [-0.3, -0.25) is 9.00 Å². The van der Waals surface area contributed by atoms with Crippen molar-refractivity contribution in [1.29, 1.82) is 0 Å². The van der Waals surface area contributed by atoms with Crippen LogP contribution in [0.1, 0.15) is 43.0 Å². The summed E-state index contributed by atoms with van der Waals surface area (Å²) in [6.45, 7) is 2.09. The first-order chi connectivity index (χ1) is 9.56. The molecule has 1 aromatic rings. The van der Waals surface area contributed by atoms with Crippen molar-refractivity contribution in [2.75, 3.05) is 12.3 Å². The van der Waals surface area contributed by atoms with Crippen LogP contribution in [-0.4, -0.2) is 33.1 Å². The van der Waals surface area contributed by atoms with Crippen molar-refractivity contribution in [2.45, 2.75) is 43.1 Å². The molecule has 1 aromatic carbocycles. The van der Waals surface area contributed by atoms with E-state index in [4.69, 9.17) is 0 Å². The standard InChI is InChI=1S/C15H21NO3S/c1-2-20(19)13-8-4-3-7-12(13)14(17)16-11-15(18)9-5-6-10-15/h3-4,7-8,18H,2,5-6,9-11H2,1H3,(H,16,17). The third-order valence-corrected chi connectivity index (χ3v) is 5.12. The summed E-state index contributed by atoms with van der Waals surface area (Å²) in [7, 11) is -1.16. The van der Waals surface area contributed by atoms with E-state index in [-0.39, 0.29) is 12.5 Å². The zero-order valence-electron chi connectivity index (χ0n) is 11.7. The van der Waals surface area contributed by atoms with E-state index < -0.39 is 16.4 Å². The first kappa shape index (κ1) is 15.2. The van der Waals surface area contributed by atoms with Crippen molar-refractivity contribution < 1.29 is 14.1 Å². The number of benzene rings is 1. The van der Waals surface area contributed by atoms with Gasteiger partial charge < -0.3 is 10.4 Å². The lowest BCUT2D eigenvalue weighted by atomic mass is 10.0. The molecule has 2 N–H and O–H groups in total. The van der Waals surface area contributed by atoms with Gasteiger partial charge in [0.05, 0.1) is 26.9 Å². The molecule has 1 aliphatic rings. The SMILES string of the molecule is CCS(=O)c1ccccc1C(=O)NCC1(O)CCCC1. The number of carbonyl (C=O) groups excluding carboxylic acids is 1. The quantitative estimate of drug-likeness (QED) is 0.871. The van der Waals surface area contributed by atoms with E-state index >= 15 is 0 Å². The van der Waals surface area contributed by atoms with E-state index in [2.05, 4.69) is 5.32 Å². The Morgan fingerprint density at radius 3 is 2.65 bits per heavy atom. The summed E-state index contributed by atoms with van der Waals surface area (Å²) in [6.07, 6.45) is 3.47. The third-order valence-electron chi connectivity index (χ3n) is 3.75. The minimum atomic E-state index is -1.16. The van der Waals surface area contributed by atoms with Gasteiger partial charge >= 0.3 is 0 Å². The van der Waals surface area contributed by atoms with Crippen LogP contribution < -0.4 is 5.32 Å². The largest absolute Gasteiger partial charge is 0.388 e. The monoisotopic (exact) mass is 295 g/mol. The Morgan fingerprint density at radius 2 is 2.00 bits per heavy atom. The van der Waals surface area contributed by atoms with Gasteiger partial charge in [0.1, 0.15) is 0 Å². The predicted molar refractivity (Wildman–Crippen MR) is 79.1 cm³/mol. The molecule has 1 fully saturated rings.